The van der Waals surface area contributed by atoms with Crippen LogP contribution in [0.25, 0.3) is 0 Å². The average Bonchev–Trinajstić information content (AvgIpc) is 3.05. The van der Waals surface area contributed by atoms with Gasteiger partial charge in [0.1, 0.15) is 5.82 Å². The van der Waals surface area contributed by atoms with Crippen molar-refractivity contribution in [3.63, 3.8) is 0 Å². The van der Waals surface area contributed by atoms with Gasteiger partial charge in [-0.05, 0) is 23.3 Å². The van der Waals surface area contributed by atoms with E-state index in [0.717, 1.165) is 12.8 Å². The monoisotopic (exact) mass is 367 g/mol. The predicted molar refractivity (Wildman–Crippen MR) is 95.4 cm³/mol. The number of aliphatic imine (C=N–C) groups is 1. The van der Waals surface area contributed by atoms with Crippen LogP contribution in [0.5, 0.6) is 0 Å². The number of imidazole rings is 1. The first-order valence-corrected chi connectivity index (χ1v) is 9.79. The Morgan fingerprint density at radius 2 is 2.12 bits per heavy atom. The Morgan fingerprint density at radius 1 is 1.32 bits per heavy atom. The fourth-order valence-electron chi connectivity index (χ4n) is 2.30. The van der Waals surface area contributed by atoms with Gasteiger partial charge in [0.2, 0.25) is 0 Å². The zero-order chi connectivity index (χ0) is 18.3. The molecule has 0 saturated heterocycles. The molecule has 0 fully saturated rings. The zero-order valence-electron chi connectivity index (χ0n) is 14.2. The molecule has 0 atom stereocenters. The van der Waals surface area contributed by atoms with Crippen LogP contribution in [0.4, 0.5) is 4.39 Å². The molecule has 1 heterocycles. The summed E-state index contributed by atoms with van der Waals surface area (Å²) in [4.78, 5) is 8.07. The highest BCUT2D eigenvalue weighted by Crippen LogP contribution is 2.14. The lowest BCUT2D eigenvalue weighted by molar-refractivity contribution is 0.599. The molecular formula is C16H22FN5O2S. The van der Waals surface area contributed by atoms with E-state index in [0.29, 0.717) is 23.6 Å². The number of benzene rings is 1. The van der Waals surface area contributed by atoms with Crippen molar-refractivity contribution in [3.8, 4) is 0 Å². The molecule has 0 aliphatic rings. The molecule has 2 rings (SSSR count). The van der Waals surface area contributed by atoms with Crippen molar-refractivity contribution in [2.45, 2.75) is 18.8 Å². The standard InChI is InChI=1S/C16H22FN5O2S/c1-18-16(20-6-8-22-7-5-19-12-22)21-10-14-9-15(17)4-3-13(14)11-25(2,23)24/h3-5,7,9,12H,6,8,10-11H2,1-2H3,(H2,18,20,21). The van der Waals surface area contributed by atoms with Crippen LogP contribution in [-0.4, -0.2) is 43.8 Å². The predicted octanol–water partition coefficient (Wildman–Crippen LogP) is 0.932. The zero-order valence-corrected chi connectivity index (χ0v) is 15.1. The summed E-state index contributed by atoms with van der Waals surface area (Å²) in [5.41, 5.74) is 1.16. The van der Waals surface area contributed by atoms with Crippen molar-refractivity contribution in [1.29, 1.82) is 0 Å². The summed E-state index contributed by atoms with van der Waals surface area (Å²) in [7, 11) is -1.57. The van der Waals surface area contributed by atoms with Crippen molar-refractivity contribution in [2.75, 3.05) is 19.8 Å². The Morgan fingerprint density at radius 3 is 2.76 bits per heavy atom. The molecule has 0 unspecified atom stereocenters. The first kappa shape index (κ1) is 18.9. The number of halogens is 1. The van der Waals surface area contributed by atoms with Crippen molar-refractivity contribution >= 4 is 15.8 Å². The molecule has 0 saturated carbocycles. The third-order valence-corrected chi connectivity index (χ3v) is 4.31. The van der Waals surface area contributed by atoms with Crippen molar-refractivity contribution < 1.29 is 12.8 Å². The summed E-state index contributed by atoms with van der Waals surface area (Å²) >= 11 is 0. The summed E-state index contributed by atoms with van der Waals surface area (Å²) in [6.45, 7) is 1.63. The molecule has 136 valence electrons. The van der Waals surface area contributed by atoms with Gasteiger partial charge in [-0.25, -0.2) is 17.8 Å². The van der Waals surface area contributed by atoms with Gasteiger partial charge in [0.05, 0.1) is 12.1 Å². The minimum absolute atomic E-state index is 0.128. The Kier molecular flexibility index (Phi) is 6.51. The number of nitrogens with zero attached hydrogens (tertiary/aromatic N) is 3. The van der Waals surface area contributed by atoms with Gasteiger partial charge in [0, 0.05) is 45.3 Å². The first-order valence-electron chi connectivity index (χ1n) is 7.72. The third kappa shape index (κ3) is 6.54. The van der Waals surface area contributed by atoms with E-state index in [4.69, 9.17) is 0 Å². The van der Waals surface area contributed by atoms with Gasteiger partial charge in [0.25, 0.3) is 0 Å². The number of sulfone groups is 1. The maximum absolute atomic E-state index is 13.5. The largest absolute Gasteiger partial charge is 0.355 e. The van der Waals surface area contributed by atoms with Gasteiger partial charge in [0.15, 0.2) is 15.8 Å². The molecule has 1 aromatic heterocycles. The van der Waals surface area contributed by atoms with Crippen molar-refractivity contribution in [3.05, 3.63) is 53.9 Å². The Bertz CT molecular complexity index is 819. The first-order chi connectivity index (χ1) is 11.9. The highest BCUT2D eigenvalue weighted by atomic mass is 32.2. The van der Waals surface area contributed by atoms with Crippen molar-refractivity contribution in [2.24, 2.45) is 4.99 Å². The quantitative estimate of drug-likeness (QED) is 0.561. The molecule has 0 radical (unpaired) electrons. The Labute approximate surface area is 146 Å². The highest BCUT2D eigenvalue weighted by molar-refractivity contribution is 7.89. The van der Waals surface area contributed by atoms with Crippen LogP contribution in [0.1, 0.15) is 11.1 Å². The second kappa shape index (κ2) is 8.61. The summed E-state index contributed by atoms with van der Waals surface area (Å²) in [5, 5.41) is 6.21. The normalized spacial score (nSPS) is 12.2. The summed E-state index contributed by atoms with van der Waals surface area (Å²) in [5.74, 6) is 0.0172. The van der Waals surface area contributed by atoms with E-state index in [1.807, 2.05) is 10.8 Å². The van der Waals surface area contributed by atoms with E-state index in [-0.39, 0.29) is 12.3 Å². The lowest BCUT2D eigenvalue weighted by Crippen LogP contribution is -2.38. The van der Waals surface area contributed by atoms with Crippen LogP contribution in [0.15, 0.2) is 41.9 Å². The lowest BCUT2D eigenvalue weighted by Gasteiger charge is -2.14. The smallest absolute Gasteiger partial charge is 0.191 e. The van der Waals surface area contributed by atoms with E-state index in [1.54, 1.807) is 19.6 Å². The lowest BCUT2D eigenvalue weighted by atomic mass is 10.1. The molecule has 9 heteroatoms. The minimum atomic E-state index is -3.20. The topological polar surface area (TPSA) is 88.4 Å². The second-order valence-corrected chi connectivity index (χ2v) is 7.78. The molecule has 1 aromatic carbocycles. The van der Waals surface area contributed by atoms with E-state index in [9.17, 15) is 12.8 Å². The van der Waals surface area contributed by atoms with Gasteiger partial charge in [-0.15, -0.1) is 0 Å². The van der Waals surface area contributed by atoms with E-state index in [2.05, 4.69) is 20.6 Å². The van der Waals surface area contributed by atoms with Crippen molar-refractivity contribution in [1.82, 2.24) is 20.2 Å². The summed E-state index contributed by atoms with van der Waals surface area (Å²) < 4.78 is 38.5. The van der Waals surface area contributed by atoms with Crippen LogP contribution in [-0.2, 0) is 28.7 Å². The molecule has 0 aliphatic heterocycles. The molecule has 25 heavy (non-hydrogen) atoms. The van der Waals surface area contributed by atoms with Crippen LogP contribution < -0.4 is 10.6 Å². The minimum Gasteiger partial charge on any atom is -0.355 e. The molecule has 0 bridgehead atoms. The Hall–Kier alpha value is -2.42. The average molecular weight is 367 g/mol. The molecule has 2 aromatic rings. The van der Waals surface area contributed by atoms with Gasteiger partial charge in [-0.2, -0.15) is 0 Å². The SMILES string of the molecule is CN=C(NCCn1ccnc1)NCc1cc(F)ccc1CS(C)(=O)=O. The number of guanidine groups is 1. The number of aromatic nitrogens is 2. The molecular weight excluding hydrogens is 345 g/mol. The van der Waals surface area contributed by atoms with Gasteiger partial charge >= 0.3 is 0 Å². The van der Waals surface area contributed by atoms with Crippen LogP contribution >= 0.6 is 0 Å². The molecule has 0 spiro atoms. The van der Waals surface area contributed by atoms with Crippen LogP contribution in [0, 0.1) is 5.82 Å². The van der Waals surface area contributed by atoms with Crippen LogP contribution in [0.3, 0.4) is 0 Å². The summed E-state index contributed by atoms with van der Waals surface area (Å²) in [6, 6.07) is 4.11. The molecule has 0 amide bonds. The summed E-state index contributed by atoms with van der Waals surface area (Å²) in [6.07, 6.45) is 6.45. The fraction of sp³-hybridized carbons (Fsp3) is 0.375. The number of nitrogens with one attached hydrogen (secondary N) is 2. The molecule has 0 aliphatic carbocycles. The number of hydrogen-bond donors (Lipinski definition) is 2. The van der Waals surface area contributed by atoms with E-state index in [1.165, 1.54) is 18.2 Å². The fourth-order valence-corrected chi connectivity index (χ4v) is 3.15. The Balaban J connectivity index is 1.95. The van der Waals surface area contributed by atoms with Gasteiger partial charge in [-0.3, -0.25) is 4.99 Å². The second-order valence-electron chi connectivity index (χ2n) is 5.64. The maximum Gasteiger partial charge on any atom is 0.191 e. The maximum atomic E-state index is 13.5. The van der Waals surface area contributed by atoms with Gasteiger partial charge in [-0.1, -0.05) is 6.07 Å². The van der Waals surface area contributed by atoms with Crippen LogP contribution in [0.2, 0.25) is 0 Å². The molecule has 2 N–H and O–H groups in total. The van der Waals surface area contributed by atoms with E-state index < -0.39 is 15.7 Å². The van der Waals surface area contributed by atoms with E-state index >= 15 is 0 Å². The van der Waals surface area contributed by atoms with Gasteiger partial charge < -0.3 is 15.2 Å². The highest BCUT2D eigenvalue weighted by Gasteiger charge is 2.11. The number of hydrogen-bond acceptors (Lipinski definition) is 4. The molecule has 7 nitrogen and oxygen atoms in total. The third-order valence-electron chi connectivity index (χ3n) is 3.48. The number of rotatable bonds is 7.